The minimum absolute atomic E-state index is 0.0457. The minimum Gasteiger partial charge on any atom is -0.493 e. The summed E-state index contributed by atoms with van der Waals surface area (Å²) < 4.78 is 16.3. The van der Waals surface area contributed by atoms with Crippen molar-refractivity contribution in [3.63, 3.8) is 0 Å². The zero-order valence-corrected chi connectivity index (χ0v) is 12.4. The predicted octanol–water partition coefficient (Wildman–Crippen LogP) is 3.37. The molecule has 0 saturated carbocycles. The van der Waals surface area contributed by atoms with Crippen molar-refractivity contribution >= 4 is 5.69 Å². The number of nitro benzene ring substituents is 1. The fourth-order valence-electron chi connectivity index (χ4n) is 1.91. The van der Waals surface area contributed by atoms with Gasteiger partial charge in [-0.2, -0.15) is 0 Å². The van der Waals surface area contributed by atoms with Gasteiger partial charge in [-0.3, -0.25) is 10.1 Å². The Morgan fingerprint density at radius 3 is 2.32 bits per heavy atom. The van der Waals surface area contributed by atoms with Crippen molar-refractivity contribution in [2.75, 3.05) is 20.3 Å². The normalized spacial score (nSPS) is 10.1. The molecule has 116 valence electrons. The highest BCUT2D eigenvalue weighted by molar-refractivity contribution is 5.48. The summed E-state index contributed by atoms with van der Waals surface area (Å²) in [5.74, 6) is 1.56. The van der Waals surface area contributed by atoms with Crippen LogP contribution in [0.15, 0.2) is 42.5 Å². The summed E-state index contributed by atoms with van der Waals surface area (Å²) in [6.45, 7) is 2.54. The molecule has 6 nitrogen and oxygen atoms in total. The maximum Gasteiger partial charge on any atom is 0.273 e. The van der Waals surface area contributed by atoms with Crippen LogP contribution in [0.25, 0.3) is 0 Å². The molecule has 0 aliphatic rings. The molecule has 0 amide bonds. The molecule has 0 spiro atoms. The third-order valence-electron chi connectivity index (χ3n) is 3.05. The van der Waals surface area contributed by atoms with Crippen LogP contribution in [-0.4, -0.2) is 25.2 Å². The Morgan fingerprint density at radius 1 is 1.00 bits per heavy atom. The lowest BCUT2D eigenvalue weighted by molar-refractivity contribution is -0.385. The smallest absolute Gasteiger partial charge is 0.273 e. The Kier molecular flexibility index (Phi) is 5.19. The quantitative estimate of drug-likeness (QED) is 0.445. The Hall–Kier alpha value is -2.76. The molecule has 0 bridgehead atoms. The summed E-state index contributed by atoms with van der Waals surface area (Å²) in [4.78, 5) is 10.3. The Morgan fingerprint density at radius 2 is 1.68 bits per heavy atom. The topological polar surface area (TPSA) is 70.8 Å². The van der Waals surface area contributed by atoms with Gasteiger partial charge in [0.1, 0.15) is 19.0 Å². The lowest BCUT2D eigenvalue weighted by atomic mass is 10.2. The van der Waals surface area contributed by atoms with E-state index in [9.17, 15) is 10.1 Å². The Balaban J connectivity index is 1.95. The highest BCUT2D eigenvalue weighted by atomic mass is 16.6. The van der Waals surface area contributed by atoms with Crippen molar-refractivity contribution in [3.8, 4) is 17.2 Å². The van der Waals surface area contributed by atoms with E-state index in [2.05, 4.69) is 0 Å². The second kappa shape index (κ2) is 7.31. The van der Waals surface area contributed by atoms with Crippen molar-refractivity contribution < 1.29 is 19.1 Å². The number of rotatable bonds is 7. The van der Waals surface area contributed by atoms with E-state index in [1.165, 1.54) is 25.3 Å². The van der Waals surface area contributed by atoms with Gasteiger partial charge >= 0.3 is 0 Å². The zero-order valence-electron chi connectivity index (χ0n) is 12.4. The van der Waals surface area contributed by atoms with Crippen molar-refractivity contribution in [2.45, 2.75) is 6.92 Å². The van der Waals surface area contributed by atoms with E-state index in [0.717, 1.165) is 11.3 Å². The summed E-state index contributed by atoms with van der Waals surface area (Å²) in [6, 6.07) is 11.9. The first-order valence-electron chi connectivity index (χ1n) is 6.75. The molecule has 0 N–H and O–H groups in total. The first-order chi connectivity index (χ1) is 10.6. The number of para-hydroxylation sites is 1. The second-order valence-electron chi connectivity index (χ2n) is 4.55. The van der Waals surface area contributed by atoms with E-state index in [4.69, 9.17) is 14.2 Å². The molecular weight excluding hydrogens is 286 g/mol. The van der Waals surface area contributed by atoms with E-state index in [-0.39, 0.29) is 12.3 Å². The van der Waals surface area contributed by atoms with Gasteiger partial charge in [0, 0.05) is 6.07 Å². The molecule has 0 saturated heterocycles. The van der Waals surface area contributed by atoms with E-state index in [0.29, 0.717) is 18.1 Å². The number of non-ortho nitro benzene ring substituents is 1. The summed E-state index contributed by atoms with van der Waals surface area (Å²) >= 11 is 0. The summed E-state index contributed by atoms with van der Waals surface area (Å²) in [7, 11) is 1.48. The van der Waals surface area contributed by atoms with Crippen molar-refractivity contribution in [2.24, 2.45) is 0 Å². The summed E-state index contributed by atoms with van der Waals surface area (Å²) in [6.07, 6.45) is 0. The van der Waals surface area contributed by atoms with Gasteiger partial charge in [-0.25, -0.2) is 0 Å². The molecule has 2 aromatic rings. The van der Waals surface area contributed by atoms with E-state index >= 15 is 0 Å². The molecule has 0 aromatic heterocycles. The highest BCUT2D eigenvalue weighted by Gasteiger charge is 2.12. The number of hydrogen-bond acceptors (Lipinski definition) is 5. The van der Waals surface area contributed by atoms with Gasteiger partial charge in [0.25, 0.3) is 5.69 Å². The first-order valence-corrected chi connectivity index (χ1v) is 6.75. The highest BCUT2D eigenvalue weighted by Crippen LogP contribution is 2.31. The fraction of sp³-hybridized carbons (Fsp3) is 0.250. The lowest BCUT2D eigenvalue weighted by Crippen LogP contribution is -2.10. The van der Waals surface area contributed by atoms with Gasteiger partial charge in [-0.15, -0.1) is 0 Å². The zero-order chi connectivity index (χ0) is 15.9. The van der Waals surface area contributed by atoms with E-state index in [1.54, 1.807) is 0 Å². The third kappa shape index (κ3) is 3.88. The molecule has 0 fully saturated rings. The van der Waals surface area contributed by atoms with E-state index in [1.807, 2.05) is 31.2 Å². The van der Waals surface area contributed by atoms with Crippen LogP contribution >= 0.6 is 0 Å². The van der Waals surface area contributed by atoms with Crippen molar-refractivity contribution in [3.05, 3.63) is 58.1 Å². The molecule has 0 radical (unpaired) electrons. The average molecular weight is 303 g/mol. The third-order valence-corrected chi connectivity index (χ3v) is 3.05. The van der Waals surface area contributed by atoms with Crippen LogP contribution < -0.4 is 14.2 Å². The number of benzene rings is 2. The minimum atomic E-state index is -0.476. The van der Waals surface area contributed by atoms with Crippen LogP contribution in [0, 0.1) is 17.0 Å². The van der Waals surface area contributed by atoms with Gasteiger partial charge in [-0.1, -0.05) is 18.2 Å². The van der Waals surface area contributed by atoms with Crippen molar-refractivity contribution in [1.82, 2.24) is 0 Å². The lowest BCUT2D eigenvalue weighted by Gasteiger charge is -2.12. The van der Waals surface area contributed by atoms with Gasteiger partial charge in [0.15, 0.2) is 11.5 Å². The summed E-state index contributed by atoms with van der Waals surface area (Å²) in [5.41, 5.74) is 0.992. The molecule has 0 heterocycles. The van der Waals surface area contributed by atoms with Gasteiger partial charge < -0.3 is 14.2 Å². The van der Waals surface area contributed by atoms with Crippen LogP contribution in [0.4, 0.5) is 5.69 Å². The molecule has 0 aliphatic heterocycles. The number of ether oxygens (including phenoxy) is 3. The molecule has 22 heavy (non-hydrogen) atoms. The second-order valence-corrected chi connectivity index (χ2v) is 4.55. The summed E-state index contributed by atoms with van der Waals surface area (Å²) in [5, 5.41) is 10.8. The van der Waals surface area contributed by atoms with Gasteiger partial charge in [0.2, 0.25) is 0 Å². The molecule has 0 atom stereocenters. The van der Waals surface area contributed by atoms with Crippen LogP contribution in [0.1, 0.15) is 5.56 Å². The number of aryl methyl sites for hydroxylation is 1. The van der Waals surface area contributed by atoms with Crippen molar-refractivity contribution in [1.29, 1.82) is 0 Å². The SMILES string of the molecule is COc1ccc([N+](=O)[O-])cc1OCCOc1ccccc1C. The Labute approximate surface area is 128 Å². The average Bonchev–Trinajstić information content (AvgIpc) is 2.52. The van der Waals surface area contributed by atoms with Crippen LogP contribution in [-0.2, 0) is 0 Å². The number of nitro groups is 1. The van der Waals surface area contributed by atoms with E-state index < -0.39 is 4.92 Å². The molecule has 0 aliphatic carbocycles. The first kappa shape index (κ1) is 15.6. The number of hydrogen-bond donors (Lipinski definition) is 0. The molecular formula is C16H17NO5. The maximum atomic E-state index is 10.8. The largest absolute Gasteiger partial charge is 0.493 e. The van der Waals surface area contributed by atoms with Crippen LogP contribution in [0.2, 0.25) is 0 Å². The molecule has 2 aromatic carbocycles. The van der Waals surface area contributed by atoms with Gasteiger partial charge in [0.05, 0.1) is 18.1 Å². The molecule has 2 rings (SSSR count). The molecule has 6 heteroatoms. The molecule has 0 unspecified atom stereocenters. The monoisotopic (exact) mass is 303 g/mol. The number of nitrogens with zero attached hydrogens (tertiary/aromatic N) is 1. The fourth-order valence-corrected chi connectivity index (χ4v) is 1.91. The maximum absolute atomic E-state index is 10.8. The predicted molar refractivity (Wildman–Crippen MR) is 81.8 cm³/mol. The van der Waals surface area contributed by atoms with Crippen LogP contribution in [0.3, 0.4) is 0 Å². The van der Waals surface area contributed by atoms with Gasteiger partial charge in [-0.05, 0) is 24.6 Å². The standard InChI is InChI=1S/C16H17NO5/c1-12-5-3-4-6-14(12)21-9-10-22-16-11-13(17(18)19)7-8-15(16)20-2/h3-8,11H,9-10H2,1-2H3. The van der Waals surface area contributed by atoms with Crippen LogP contribution in [0.5, 0.6) is 17.2 Å². The Bertz CT molecular complexity index is 657. The number of methoxy groups -OCH3 is 1.